The van der Waals surface area contributed by atoms with Crippen LogP contribution in [0.15, 0.2) is 24.3 Å². The van der Waals surface area contributed by atoms with Crippen LogP contribution in [0.25, 0.3) is 11.3 Å². The fourth-order valence-electron chi connectivity index (χ4n) is 1.84. The second-order valence-corrected chi connectivity index (χ2v) is 4.17. The van der Waals surface area contributed by atoms with Crippen molar-refractivity contribution in [3.05, 3.63) is 41.3 Å². The third-order valence-corrected chi connectivity index (χ3v) is 2.88. The van der Waals surface area contributed by atoms with Crippen LogP contribution in [0.4, 0.5) is 5.69 Å². The van der Waals surface area contributed by atoms with Crippen molar-refractivity contribution in [3.8, 4) is 11.3 Å². The van der Waals surface area contributed by atoms with Crippen LogP contribution in [-0.2, 0) is 6.42 Å². The first-order valence-electron chi connectivity index (χ1n) is 5.82. The molecule has 0 amide bonds. The molecule has 0 aliphatic carbocycles. The maximum atomic E-state index is 6.03. The number of aryl methyl sites for hydroxylation is 3. The molecule has 88 valence electrons. The Kier molecular flexibility index (Phi) is 3.09. The summed E-state index contributed by atoms with van der Waals surface area (Å²) in [5.74, 6) is 0.756. The fraction of sp³-hybridized carbons (Fsp3) is 0.286. The molecule has 2 rings (SSSR count). The molecule has 0 radical (unpaired) electrons. The minimum absolute atomic E-state index is 0.667. The van der Waals surface area contributed by atoms with E-state index in [9.17, 15) is 0 Å². The van der Waals surface area contributed by atoms with Gasteiger partial charge < -0.3 is 5.73 Å². The van der Waals surface area contributed by atoms with Crippen LogP contribution < -0.4 is 5.73 Å². The summed E-state index contributed by atoms with van der Waals surface area (Å²) in [6, 6.07) is 8.36. The first-order valence-corrected chi connectivity index (χ1v) is 5.82. The maximum Gasteiger partial charge on any atom is 0.126 e. The Morgan fingerprint density at radius 2 is 1.71 bits per heavy atom. The quantitative estimate of drug-likeness (QED) is 0.858. The number of hydrogen-bond acceptors (Lipinski definition) is 3. The zero-order valence-corrected chi connectivity index (χ0v) is 10.5. The molecule has 1 heterocycles. The van der Waals surface area contributed by atoms with Gasteiger partial charge in [-0.15, -0.1) is 0 Å². The Balaban J connectivity index is 2.52. The summed E-state index contributed by atoms with van der Waals surface area (Å²) < 4.78 is 0. The maximum absolute atomic E-state index is 6.03. The zero-order valence-electron chi connectivity index (χ0n) is 10.5. The molecule has 0 fully saturated rings. The molecule has 2 aromatic rings. The predicted molar refractivity (Wildman–Crippen MR) is 70.7 cm³/mol. The van der Waals surface area contributed by atoms with Gasteiger partial charge in [-0.1, -0.05) is 31.2 Å². The predicted octanol–water partition coefficient (Wildman–Crippen LogP) is 2.91. The Bertz CT molecular complexity index is 530. The Hall–Kier alpha value is -1.90. The normalized spacial score (nSPS) is 10.5. The van der Waals surface area contributed by atoms with Crippen LogP contribution >= 0.6 is 0 Å². The van der Waals surface area contributed by atoms with Gasteiger partial charge in [-0.05, 0) is 25.8 Å². The highest BCUT2D eigenvalue weighted by molar-refractivity contribution is 5.73. The first-order chi connectivity index (χ1) is 8.11. The van der Waals surface area contributed by atoms with E-state index in [0.717, 1.165) is 29.2 Å². The summed E-state index contributed by atoms with van der Waals surface area (Å²) in [4.78, 5) is 8.68. The van der Waals surface area contributed by atoms with Gasteiger partial charge in [0.25, 0.3) is 0 Å². The van der Waals surface area contributed by atoms with Crippen LogP contribution in [-0.4, -0.2) is 9.97 Å². The van der Waals surface area contributed by atoms with E-state index < -0.39 is 0 Å². The fourth-order valence-corrected chi connectivity index (χ4v) is 1.84. The van der Waals surface area contributed by atoms with E-state index in [1.165, 1.54) is 5.56 Å². The molecule has 0 atom stereocenters. The highest BCUT2D eigenvalue weighted by Crippen LogP contribution is 2.25. The molecule has 2 N–H and O–H groups in total. The molecule has 0 saturated heterocycles. The summed E-state index contributed by atoms with van der Waals surface area (Å²) in [6.45, 7) is 5.94. The Morgan fingerprint density at radius 3 is 2.29 bits per heavy atom. The van der Waals surface area contributed by atoms with Gasteiger partial charge in [0.15, 0.2) is 0 Å². The first kappa shape index (κ1) is 11.6. The average molecular weight is 227 g/mol. The number of aromatic nitrogens is 2. The van der Waals surface area contributed by atoms with Gasteiger partial charge in [0.05, 0.1) is 17.1 Å². The van der Waals surface area contributed by atoms with Crippen molar-refractivity contribution in [3.63, 3.8) is 0 Å². The standard InChI is InChI=1S/C14H17N3/c1-4-11-5-7-12(8-6-11)14-13(15)9(2)16-10(3)17-14/h5-8H,4,15H2,1-3H3. The van der Waals surface area contributed by atoms with Gasteiger partial charge in [-0.2, -0.15) is 0 Å². The number of rotatable bonds is 2. The van der Waals surface area contributed by atoms with E-state index >= 15 is 0 Å². The van der Waals surface area contributed by atoms with E-state index in [2.05, 4.69) is 41.2 Å². The molecule has 1 aromatic carbocycles. The third-order valence-electron chi connectivity index (χ3n) is 2.88. The molecule has 1 aromatic heterocycles. The van der Waals surface area contributed by atoms with Crippen LogP contribution in [0.5, 0.6) is 0 Å². The summed E-state index contributed by atoms with van der Waals surface area (Å²) in [7, 11) is 0. The van der Waals surface area contributed by atoms with Crippen molar-refractivity contribution in [1.82, 2.24) is 9.97 Å². The molecule has 0 aliphatic rings. The van der Waals surface area contributed by atoms with Crippen LogP contribution in [0, 0.1) is 13.8 Å². The topological polar surface area (TPSA) is 51.8 Å². The monoisotopic (exact) mass is 227 g/mol. The van der Waals surface area contributed by atoms with E-state index in [1.54, 1.807) is 0 Å². The number of benzene rings is 1. The summed E-state index contributed by atoms with van der Waals surface area (Å²) in [6.07, 6.45) is 1.04. The summed E-state index contributed by atoms with van der Waals surface area (Å²) in [5, 5.41) is 0. The van der Waals surface area contributed by atoms with Crippen molar-refractivity contribution >= 4 is 5.69 Å². The van der Waals surface area contributed by atoms with Crippen molar-refractivity contribution in [2.24, 2.45) is 0 Å². The van der Waals surface area contributed by atoms with Gasteiger partial charge in [-0.3, -0.25) is 0 Å². The molecule has 0 spiro atoms. The summed E-state index contributed by atoms with van der Waals surface area (Å²) in [5.41, 5.74) is 10.7. The van der Waals surface area contributed by atoms with E-state index in [4.69, 9.17) is 5.73 Å². The zero-order chi connectivity index (χ0) is 12.4. The lowest BCUT2D eigenvalue weighted by molar-refractivity contribution is 1.02. The number of hydrogen-bond donors (Lipinski definition) is 1. The lowest BCUT2D eigenvalue weighted by Crippen LogP contribution is -2.02. The average Bonchev–Trinajstić information content (AvgIpc) is 2.34. The van der Waals surface area contributed by atoms with Crippen molar-refractivity contribution in [2.45, 2.75) is 27.2 Å². The molecular formula is C14H17N3. The Morgan fingerprint density at radius 1 is 1.06 bits per heavy atom. The summed E-state index contributed by atoms with van der Waals surface area (Å²) >= 11 is 0. The SMILES string of the molecule is CCc1ccc(-c2nc(C)nc(C)c2N)cc1. The smallest absolute Gasteiger partial charge is 0.126 e. The molecule has 17 heavy (non-hydrogen) atoms. The molecule has 3 nitrogen and oxygen atoms in total. The van der Waals surface area contributed by atoms with E-state index in [-0.39, 0.29) is 0 Å². The second kappa shape index (κ2) is 4.53. The number of anilines is 1. The molecule has 3 heteroatoms. The minimum atomic E-state index is 0.667. The molecule has 0 saturated carbocycles. The van der Waals surface area contributed by atoms with Crippen molar-refractivity contribution in [1.29, 1.82) is 0 Å². The van der Waals surface area contributed by atoms with Crippen LogP contribution in [0.3, 0.4) is 0 Å². The second-order valence-electron chi connectivity index (χ2n) is 4.17. The number of nitrogens with zero attached hydrogens (tertiary/aromatic N) is 2. The van der Waals surface area contributed by atoms with E-state index in [1.807, 2.05) is 13.8 Å². The van der Waals surface area contributed by atoms with Crippen LogP contribution in [0.1, 0.15) is 24.0 Å². The molecule has 0 aliphatic heterocycles. The molecule has 0 bridgehead atoms. The lowest BCUT2D eigenvalue weighted by atomic mass is 10.1. The highest BCUT2D eigenvalue weighted by atomic mass is 14.9. The highest BCUT2D eigenvalue weighted by Gasteiger charge is 2.08. The molecule has 0 unspecified atom stereocenters. The Labute approximate surface area is 102 Å². The lowest BCUT2D eigenvalue weighted by Gasteiger charge is -2.09. The van der Waals surface area contributed by atoms with Crippen molar-refractivity contribution in [2.75, 3.05) is 5.73 Å². The number of nitrogens with two attached hydrogens (primary N) is 1. The third kappa shape index (κ3) is 2.28. The number of nitrogen functional groups attached to an aromatic ring is 1. The largest absolute Gasteiger partial charge is 0.395 e. The minimum Gasteiger partial charge on any atom is -0.395 e. The van der Waals surface area contributed by atoms with Gasteiger partial charge in [-0.25, -0.2) is 9.97 Å². The van der Waals surface area contributed by atoms with Gasteiger partial charge in [0, 0.05) is 5.56 Å². The molecular weight excluding hydrogens is 210 g/mol. The van der Waals surface area contributed by atoms with Gasteiger partial charge in [0.1, 0.15) is 5.82 Å². The van der Waals surface area contributed by atoms with Crippen molar-refractivity contribution < 1.29 is 0 Å². The van der Waals surface area contributed by atoms with Gasteiger partial charge >= 0.3 is 0 Å². The van der Waals surface area contributed by atoms with E-state index in [0.29, 0.717) is 5.69 Å². The van der Waals surface area contributed by atoms with Gasteiger partial charge in [0.2, 0.25) is 0 Å². The van der Waals surface area contributed by atoms with Crippen LogP contribution in [0.2, 0.25) is 0 Å².